The molecule has 0 saturated carbocycles. The van der Waals surface area contributed by atoms with Crippen LogP contribution in [0, 0.1) is 0 Å². The second kappa shape index (κ2) is 4.71. The van der Waals surface area contributed by atoms with Gasteiger partial charge in [0.05, 0.1) is 0 Å². The highest BCUT2D eigenvalue weighted by Gasteiger charge is 2.14. The number of hydrogen-bond donors (Lipinski definition) is 1. The molecule has 15 heavy (non-hydrogen) atoms. The average molecular weight is 205 g/mol. The fraction of sp³-hybridized carbons (Fsp3) is 0.500. The van der Waals surface area contributed by atoms with Gasteiger partial charge in [0, 0.05) is 6.54 Å². The SMILES string of the molecule is Bc1cc(C(C)(C)C)ccc1OCCN. The molecule has 3 heteroatoms. The highest BCUT2D eigenvalue weighted by Crippen LogP contribution is 2.22. The van der Waals surface area contributed by atoms with Crippen LogP contribution >= 0.6 is 0 Å². The Bertz CT molecular complexity index is 331. The Morgan fingerprint density at radius 3 is 2.47 bits per heavy atom. The molecule has 0 amide bonds. The number of benzene rings is 1. The lowest BCUT2D eigenvalue weighted by atomic mass is 9.82. The van der Waals surface area contributed by atoms with Crippen molar-refractivity contribution >= 4 is 13.3 Å². The summed E-state index contributed by atoms with van der Waals surface area (Å²) in [6, 6.07) is 6.34. The lowest BCUT2D eigenvalue weighted by Crippen LogP contribution is -2.19. The topological polar surface area (TPSA) is 35.2 Å². The van der Waals surface area contributed by atoms with Crippen LogP contribution in [-0.4, -0.2) is 21.0 Å². The van der Waals surface area contributed by atoms with E-state index in [-0.39, 0.29) is 5.41 Å². The summed E-state index contributed by atoms with van der Waals surface area (Å²) in [6.07, 6.45) is 0. The van der Waals surface area contributed by atoms with E-state index in [0.29, 0.717) is 13.2 Å². The van der Waals surface area contributed by atoms with Crippen molar-refractivity contribution in [2.45, 2.75) is 26.2 Å². The quantitative estimate of drug-likeness (QED) is 0.732. The molecule has 0 aliphatic carbocycles. The van der Waals surface area contributed by atoms with Gasteiger partial charge in [-0.05, 0) is 22.5 Å². The van der Waals surface area contributed by atoms with E-state index in [4.69, 9.17) is 10.5 Å². The highest BCUT2D eigenvalue weighted by atomic mass is 16.5. The van der Waals surface area contributed by atoms with Crippen LogP contribution in [0.5, 0.6) is 5.75 Å². The second-order valence-electron chi connectivity index (χ2n) is 4.87. The van der Waals surface area contributed by atoms with Gasteiger partial charge in [0.15, 0.2) is 0 Å². The Kier molecular flexibility index (Phi) is 3.80. The Hall–Kier alpha value is -0.955. The van der Waals surface area contributed by atoms with Crippen molar-refractivity contribution in [3.8, 4) is 5.75 Å². The number of nitrogens with two attached hydrogens (primary N) is 1. The van der Waals surface area contributed by atoms with Gasteiger partial charge in [-0.25, -0.2) is 0 Å². The summed E-state index contributed by atoms with van der Waals surface area (Å²) in [5, 5.41) is 0. The average Bonchev–Trinajstić information content (AvgIpc) is 2.14. The minimum absolute atomic E-state index is 0.192. The number of ether oxygens (including phenoxy) is 1. The van der Waals surface area contributed by atoms with Crippen LogP contribution in [0.1, 0.15) is 26.3 Å². The molecular formula is C12H20BNO. The van der Waals surface area contributed by atoms with Crippen molar-refractivity contribution in [3.63, 3.8) is 0 Å². The molecule has 0 spiro atoms. The maximum atomic E-state index is 5.53. The zero-order chi connectivity index (χ0) is 11.5. The molecule has 0 bridgehead atoms. The third kappa shape index (κ3) is 3.27. The first-order chi connectivity index (χ1) is 6.95. The summed E-state index contributed by atoms with van der Waals surface area (Å²) < 4.78 is 5.53. The Morgan fingerprint density at radius 1 is 1.33 bits per heavy atom. The first-order valence-corrected chi connectivity index (χ1v) is 5.39. The van der Waals surface area contributed by atoms with Crippen molar-refractivity contribution in [1.82, 2.24) is 0 Å². The van der Waals surface area contributed by atoms with E-state index in [1.54, 1.807) is 0 Å². The van der Waals surface area contributed by atoms with Crippen molar-refractivity contribution in [2.24, 2.45) is 5.73 Å². The standard InChI is InChI=1S/C12H20BNO/c1-12(2,3)9-4-5-11(10(13)8-9)15-7-6-14/h4-5,8H,6-7,13-14H2,1-3H3. The molecule has 1 rings (SSSR count). The molecule has 82 valence electrons. The lowest BCUT2D eigenvalue weighted by molar-refractivity contribution is 0.331. The van der Waals surface area contributed by atoms with Crippen LogP contribution in [0.15, 0.2) is 18.2 Å². The number of hydrogen-bond acceptors (Lipinski definition) is 2. The van der Waals surface area contributed by atoms with Crippen LogP contribution in [-0.2, 0) is 5.41 Å². The zero-order valence-corrected chi connectivity index (χ0v) is 10.1. The van der Waals surface area contributed by atoms with Gasteiger partial charge < -0.3 is 10.5 Å². The normalized spacial score (nSPS) is 11.5. The molecule has 0 aliphatic heterocycles. The van der Waals surface area contributed by atoms with Crippen molar-refractivity contribution in [3.05, 3.63) is 23.8 Å². The maximum absolute atomic E-state index is 5.53. The third-order valence-corrected chi connectivity index (χ3v) is 2.42. The summed E-state index contributed by atoms with van der Waals surface area (Å²) >= 11 is 0. The first-order valence-electron chi connectivity index (χ1n) is 5.39. The van der Waals surface area contributed by atoms with E-state index >= 15 is 0 Å². The molecular weight excluding hydrogens is 185 g/mol. The first kappa shape index (κ1) is 12.1. The highest BCUT2D eigenvalue weighted by molar-refractivity contribution is 6.34. The van der Waals surface area contributed by atoms with E-state index in [1.807, 2.05) is 6.07 Å². The lowest BCUT2D eigenvalue weighted by Gasteiger charge is -2.20. The Labute approximate surface area is 93.2 Å². The molecule has 0 fully saturated rings. The van der Waals surface area contributed by atoms with Crippen LogP contribution in [0.4, 0.5) is 0 Å². The molecule has 0 saturated heterocycles. The van der Waals surface area contributed by atoms with Gasteiger partial charge in [-0.3, -0.25) is 0 Å². The van der Waals surface area contributed by atoms with Gasteiger partial charge in [0.1, 0.15) is 20.2 Å². The molecule has 0 atom stereocenters. The predicted octanol–water partition coefficient (Wildman–Crippen LogP) is 0.580. The molecule has 0 unspecified atom stereocenters. The smallest absolute Gasteiger partial charge is 0.144 e. The fourth-order valence-electron chi connectivity index (χ4n) is 1.45. The van der Waals surface area contributed by atoms with E-state index < -0.39 is 0 Å². The second-order valence-corrected chi connectivity index (χ2v) is 4.87. The van der Waals surface area contributed by atoms with Crippen molar-refractivity contribution in [2.75, 3.05) is 13.2 Å². The minimum atomic E-state index is 0.192. The molecule has 2 N–H and O–H groups in total. The largest absolute Gasteiger partial charge is 0.493 e. The van der Waals surface area contributed by atoms with Crippen LogP contribution in [0.3, 0.4) is 0 Å². The molecule has 0 aliphatic rings. The van der Waals surface area contributed by atoms with Gasteiger partial charge in [0.2, 0.25) is 0 Å². The van der Waals surface area contributed by atoms with Crippen LogP contribution in [0.25, 0.3) is 0 Å². The molecule has 0 heterocycles. The van der Waals surface area contributed by atoms with Crippen LogP contribution in [0.2, 0.25) is 0 Å². The Balaban J connectivity index is 2.88. The molecule has 2 nitrogen and oxygen atoms in total. The van der Waals surface area contributed by atoms with Gasteiger partial charge >= 0.3 is 0 Å². The van der Waals surface area contributed by atoms with Gasteiger partial charge in [-0.1, -0.05) is 32.9 Å². The van der Waals surface area contributed by atoms with Crippen molar-refractivity contribution in [1.29, 1.82) is 0 Å². The number of rotatable bonds is 3. The summed E-state index contributed by atoms with van der Waals surface area (Å²) in [5.41, 5.74) is 8.10. The fourth-order valence-corrected chi connectivity index (χ4v) is 1.45. The predicted molar refractivity (Wildman–Crippen MR) is 67.9 cm³/mol. The van der Waals surface area contributed by atoms with Gasteiger partial charge in [0.25, 0.3) is 0 Å². The molecule has 0 radical (unpaired) electrons. The van der Waals surface area contributed by atoms with E-state index in [0.717, 1.165) is 5.75 Å². The summed E-state index contributed by atoms with van der Waals surface area (Å²) in [4.78, 5) is 0. The monoisotopic (exact) mass is 205 g/mol. The van der Waals surface area contributed by atoms with Crippen LogP contribution < -0.4 is 15.9 Å². The summed E-state index contributed by atoms with van der Waals surface area (Å²) in [5.74, 6) is 0.938. The molecule has 1 aromatic carbocycles. The van der Waals surface area contributed by atoms with Gasteiger partial charge in [-0.15, -0.1) is 0 Å². The molecule has 0 aromatic heterocycles. The van der Waals surface area contributed by atoms with Gasteiger partial charge in [-0.2, -0.15) is 0 Å². The Morgan fingerprint density at radius 2 is 2.00 bits per heavy atom. The molecule has 1 aromatic rings. The van der Waals surface area contributed by atoms with Crippen molar-refractivity contribution < 1.29 is 4.74 Å². The third-order valence-electron chi connectivity index (χ3n) is 2.42. The summed E-state index contributed by atoms with van der Waals surface area (Å²) in [7, 11) is 2.07. The maximum Gasteiger partial charge on any atom is 0.144 e. The summed E-state index contributed by atoms with van der Waals surface area (Å²) in [6.45, 7) is 7.77. The van der Waals surface area contributed by atoms with E-state index in [9.17, 15) is 0 Å². The zero-order valence-electron chi connectivity index (χ0n) is 10.1. The van der Waals surface area contributed by atoms with E-state index in [1.165, 1.54) is 11.0 Å². The van der Waals surface area contributed by atoms with E-state index in [2.05, 4.69) is 40.8 Å². The minimum Gasteiger partial charge on any atom is -0.493 e.